The van der Waals surface area contributed by atoms with Crippen LogP contribution < -0.4 is 10.1 Å². The number of hydrogen-bond acceptors (Lipinski definition) is 5. The van der Waals surface area contributed by atoms with Crippen LogP contribution in [0.2, 0.25) is 0 Å². The fourth-order valence-electron chi connectivity index (χ4n) is 3.25. The van der Waals surface area contributed by atoms with Gasteiger partial charge in [-0.2, -0.15) is 0 Å². The SMILES string of the molecule is COc1ccc(C(=O)CCCN2CCOCC2)c(NC(=O)c2ccccc2F)c1. The molecular weight excluding hydrogens is 375 g/mol. The molecule has 1 N–H and O–H groups in total. The van der Waals surface area contributed by atoms with E-state index in [4.69, 9.17) is 9.47 Å². The van der Waals surface area contributed by atoms with E-state index in [1.807, 2.05) is 0 Å². The normalized spacial score (nSPS) is 14.4. The molecule has 29 heavy (non-hydrogen) atoms. The van der Waals surface area contributed by atoms with Crippen LogP contribution >= 0.6 is 0 Å². The second kappa shape index (κ2) is 10.1. The third-order valence-electron chi connectivity index (χ3n) is 4.88. The Balaban J connectivity index is 1.70. The highest BCUT2D eigenvalue weighted by molar-refractivity contribution is 6.09. The summed E-state index contributed by atoms with van der Waals surface area (Å²) in [6.07, 6.45) is 1.07. The van der Waals surface area contributed by atoms with Crippen molar-refractivity contribution in [2.75, 3.05) is 45.3 Å². The Morgan fingerprint density at radius 1 is 1.14 bits per heavy atom. The van der Waals surface area contributed by atoms with Crippen LogP contribution in [0.4, 0.5) is 10.1 Å². The van der Waals surface area contributed by atoms with E-state index in [1.165, 1.54) is 25.3 Å². The molecule has 1 saturated heterocycles. The van der Waals surface area contributed by atoms with Crippen LogP contribution in [-0.2, 0) is 4.74 Å². The first kappa shape index (κ1) is 21.0. The summed E-state index contributed by atoms with van der Waals surface area (Å²) in [5, 5.41) is 2.66. The minimum atomic E-state index is -0.619. The standard InChI is InChI=1S/C22H25FN2O4/c1-28-16-8-9-18(21(26)7-4-10-25-11-13-29-14-12-25)20(15-16)24-22(27)17-5-2-3-6-19(17)23/h2-3,5-6,8-9,15H,4,7,10-14H2,1H3,(H,24,27). The van der Waals surface area contributed by atoms with Crippen molar-refractivity contribution >= 4 is 17.4 Å². The first-order chi connectivity index (χ1) is 14.1. The molecule has 3 rings (SSSR count). The van der Waals surface area contributed by atoms with E-state index < -0.39 is 11.7 Å². The van der Waals surface area contributed by atoms with Gasteiger partial charge in [0.25, 0.3) is 5.91 Å². The summed E-state index contributed by atoms with van der Waals surface area (Å²) < 4.78 is 24.5. The van der Waals surface area contributed by atoms with Crippen molar-refractivity contribution in [3.05, 3.63) is 59.4 Å². The number of carbonyl (C=O) groups is 2. The fourth-order valence-corrected chi connectivity index (χ4v) is 3.25. The van der Waals surface area contributed by atoms with E-state index >= 15 is 0 Å². The van der Waals surface area contributed by atoms with E-state index in [-0.39, 0.29) is 11.3 Å². The molecule has 154 valence electrons. The highest BCUT2D eigenvalue weighted by atomic mass is 19.1. The van der Waals surface area contributed by atoms with Gasteiger partial charge in [-0.3, -0.25) is 14.5 Å². The van der Waals surface area contributed by atoms with Crippen molar-refractivity contribution in [2.24, 2.45) is 0 Å². The molecule has 6 nitrogen and oxygen atoms in total. The van der Waals surface area contributed by atoms with Crippen molar-refractivity contribution in [1.82, 2.24) is 4.90 Å². The monoisotopic (exact) mass is 400 g/mol. The minimum Gasteiger partial charge on any atom is -0.497 e. The Kier molecular flexibility index (Phi) is 7.32. The second-order valence-electron chi connectivity index (χ2n) is 6.83. The molecule has 1 heterocycles. The number of halogens is 1. The third-order valence-corrected chi connectivity index (χ3v) is 4.88. The summed E-state index contributed by atoms with van der Waals surface area (Å²) in [5.41, 5.74) is 0.618. The van der Waals surface area contributed by atoms with Crippen LogP contribution in [0.3, 0.4) is 0 Å². The average Bonchev–Trinajstić information content (AvgIpc) is 2.74. The number of rotatable bonds is 8. The topological polar surface area (TPSA) is 67.9 Å². The van der Waals surface area contributed by atoms with E-state index in [1.54, 1.807) is 24.3 Å². The number of Topliss-reactive ketones (excluding diaryl/α,β-unsaturated/α-hetero) is 1. The number of anilines is 1. The van der Waals surface area contributed by atoms with Crippen LogP contribution in [0.15, 0.2) is 42.5 Å². The van der Waals surface area contributed by atoms with Crippen molar-refractivity contribution in [1.29, 1.82) is 0 Å². The van der Waals surface area contributed by atoms with Gasteiger partial charge < -0.3 is 14.8 Å². The lowest BCUT2D eigenvalue weighted by atomic mass is 10.0. The van der Waals surface area contributed by atoms with Crippen LogP contribution in [0.25, 0.3) is 0 Å². The number of methoxy groups -OCH3 is 1. The molecule has 0 spiro atoms. The van der Waals surface area contributed by atoms with Crippen molar-refractivity contribution in [3.8, 4) is 5.75 Å². The van der Waals surface area contributed by atoms with Gasteiger partial charge in [0, 0.05) is 31.1 Å². The highest BCUT2D eigenvalue weighted by Crippen LogP contribution is 2.25. The summed E-state index contributed by atoms with van der Waals surface area (Å²) in [4.78, 5) is 27.6. The lowest BCUT2D eigenvalue weighted by Crippen LogP contribution is -2.36. The molecule has 2 aromatic rings. The molecule has 0 aliphatic carbocycles. The summed E-state index contributed by atoms with van der Waals surface area (Å²) in [7, 11) is 1.50. The Hall–Kier alpha value is -2.77. The number of nitrogens with one attached hydrogen (secondary N) is 1. The fraction of sp³-hybridized carbons (Fsp3) is 0.364. The van der Waals surface area contributed by atoms with E-state index in [9.17, 15) is 14.0 Å². The number of ketones is 1. The quantitative estimate of drug-likeness (QED) is 0.688. The van der Waals surface area contributed by atoms with Crippen LogP contribution in [-0.4, -0.2) is 56.5 Å². The summed E-state index contributed by atoms with van der Waals surface area (Å²) in [6.45, 7) is 4.01. The third kappa shape index (κ3) is 5.62. The van der Waals surface area contributed by atoms with Gasteiger partial charge in [-0.15, -0.1) is 0 Å². The predicted octanol–water partition coefficient (Wildman–Crippen LogP) is 3.38. The number of ether oxygens (including phenoxy) is 2. The lowest BCUT2D eigenvalue weighted by molar-refractivity contribution is 0.0371. The first-order valence-corrected chi connectivity index (χ1v) is 9.65. The van der Waals surface area contributed by atoms with Gasteiger partial charge in [-0.05, 0) is 37.2 Å². The lowest BCUT2D eigenvalue weighted by Gasteiger charge is -2.26. The summed E-state index contributed by atoms with van der Waals surface area (Å²) in [5.74, 6) is -0.812. The van der Waals surface area contributed by atoms with Crippen LogP contribution in [0.5, 0.6) is 5.75 Å². The van der Waals surface area contributed by atoms with Gasteiger partial charge in [0.2, 0.25) is 0 Å². The molecular formula is C22H25FN2O4. The highest BCUT2D eigenvalue weighted by Gasteiger charge is 2.18. The number of amides is 1. The zero-order valence-electron chi connectivity index (χ0n) is 16.4. The van der Waals surface area contributed by atoms with Crippen LogP contribution in [0.1, 0.15) is 33.6 Å². The molecule has 1 aliphatic heterocycles. The van der Waals surface area contributed by atoms with Crippen molar-refractivity contribution < 1.29 is 23.5 Å². The maximum atomic E-state index is 13.9. The second-order valence-corrected chi connectivity index (χ2v) is 6.83. The summed E-state index contributed by atoms with van der Waals surface area (Å²) in [6, 6.07) is 10.6. The molecule has 0 aromatic heterocycles. The van der Waals surface area contributed by atoms with Crippen LogP contribution in [0, 0.1) is 5.82 Å². The molecule has 1 amide bonds. The van der Waals surface area contributed by atoms with Gasteiger partial charge in [0.15, 0.2) is 5.78 Å². The van der Waals surface area contributed by atoms with Crippen molar-refractivity contribution in [3.63, 3.8) is 0 Å². The minimum absolute atomic E-state index is 0.0789. The molecule has 0 bridgehead atoms. The molecule has 2 aromatic carbocycles. The smallest absolute Gasteiger partial charge is 0.258 e. The largest absolute Gasteiger partial charge is 0.497 e. The Morgan fingerprint density at radius 2 is 1.90 bits per heavy atom. The van der Waals surface area contributed by atoms with E-state index in [0.717, 1.165) is 32.8 Å². The predicted molar refractivity (Wildman–Crippen MR) is 108 cm³/mol. The number of nitrogens with zero attached hydrogens (tertiary/aromatic N) is 1. The molecule has 0 unspecified atom stereocenters. The number of hydrogen-bond donors (Lipinski definition) is 1. The average molecular weight is 400 g/mol. The molecule has 7 heteroatoms. The number of morpholine rings is 1. The zero-order valence-corrected chi connectivity index (χ0v) is 16.4. The first-order valence-electron chi connectivity index (χ1n) is 9.65. The van der Waals surface area contributed by atoms with E-state index in [2.05, 4.69) is 10.2 Å². The molecule has 1 fully saturated rings. The molecule has 1 aliphatic rings. The number of benzene rings is 2. The van der Waals surface area contributed by atoms with Crippen molar-refractivity contribution in [2.45, 2.75) is 12.8 Å². The zero-order chi connectivity index (χ0) is 20.6. The maximum absolute atomic E-state index is 13.9. The van der Waals surface area contributed by atoms with Gasteiger partial charge in [-0.25, -0.2) is 4.39 Å². The Labute approximate surface area is 169 Å². The summed E-state index contributed by atoms with van der Waals surface area (Å²) >= 11 is 0. The molecule has 0 saturated carbocycles. The Bertz CT molecular complexity index is 866. The molecule has 0 atom stereocenters. The van der Waals surface area contributed by atoms with Gasteiger partial charge in [0.1, 0.15) is 11.6 Å². The van der Waals surface area contributed by atoms with E-state index in [0.29, 0.717) is 29.8 Å². The van der Waals surface area contributed by atoms with Gasteiger partial charge in [-0.1, -0.05) is 12.1 Å². The van der Waals surface area contributed by atoms with Gasteiger partial charge in [0.05, 0.1) is 31.6 Å². The maximum Gasteiger partial charge on any atom is 0.258 e. The molecule has 0 radical (unpaired) electrons. The number of carbonyl (C=O) groups excluding carboxylic acids is 2. The Morgan fingerprint density at radius 3 is 2.62 bits per heavy atom. The van der Waals surface area contributed by atoms with Gasteiger partial charge >= 0.3 is 0 Å².